The van der Waals surface area contributed by atoms with Gasteiger partial charge in [0.25, 0.3) is 0 Å². The number of rotatable bonds is 4. The van der Waals surface area contributed by atoms with Gasteiger partial charge in [0, 0.05) is 28.7 Å². The van der Waals surface area contributed by atoms with Crippen molar-refractivity contribution >= 4 is 11.8 Å². The average molecular weight is 390 g/mol. The summed E-state index contributed by atoms with van der Waals surface area (Å²) in [5, 5.41) is 14.4. The zero-order valence-electron chi connectivity index (χ0n) is 16.2. The topological polar surface area (TPSA) is 50.8 Å². The minimum atomic E-state index is -0.422. The van der Waals surface area contributed by atoms with Crippen molar-refractivity contribution in [3.63, 3.8) is 0 Å². The third-order valence-electron chi connectivity index (χ3n) is 5.27. The summed E-state index contributed by atoms with van der Waals surface area (Å²) < 4.78 is 7.43. The Bertz CT molecular complexity index is 1010. The lowest BCUT2D eigenvalue weighted by atomic mass is 9.75. The average Bonchev–Trinajstić information content (AvgIpc) is 3.07. The summed E-state index contributed by atoms with van der Waals surface area (Å²) >= 11 is 1.72. The van der Waals surface area contributed by atoms with Crippen molar-refractivity contribution in [2.24, 2.45) is 0 Å². The van der Waals surface area contributed by atoms with Crippen LogP contribution in [0, 0.1) is 25.2 Å². The van der Waals surface area contributed by atoms with E-state index in [0.29, 0.717) is 13.2 Å². The lowest BCUT2D eigenvalue weighted by molar-refractivity contribution is 0.0675. The maximum absolute atomic E-state index is 9.82. The number of hydrogen-bond acceptors (Lipinski definition) is 4. The molecule has 5 heteroatoms. The highest BCUT2D eigenvalue weighted by molar-refractivity contribution is 7.99. The Balaban J connectivity index is 1.55. The number of benzene rings is 2. The molecule has 2 heterocycles. The lowest BCUT2D eigenvalue weighted by Crippen LogP contribution is -2.32. The normalized spacial score (nSPS) is 15.9. The second-order valence-corrected chi connectivity index (χ2v) is 8.42. The summed E-state index contributed by atoms with van der Waals surface area (Å²) in [5.74, 6) is 0. The molecule has 142 valence electrons. The molecule has 0 bridgehead atoms. The Hall–Kier alpha value is -2.55. The lowest BCUT2D eigenvalue weighted by Gasteiger charge is -2.31. The predicted octanol–water partition coefficient (Wildman–Crippen LogP) is 5.21. The van der Waals surface area contributed by atoms with Crippen molar-refractivity contribution in [1.29, 1.82) is 5.26 Å². The monoisotopic (exact) mass is 389 g/mol. The Morgan fingerprint density at radius 1 is 1.04 bits per heavy atom. The fourth-order valence-electron chi connectivity index (χ4n) is 3.72. The van der Waals surface area contributed by atoms with Gasteiger partial charge in [-0.25, -0.2) is 4.68 Å². The fraction of sp³-hybridized carbons (Fsp3) is 0.304. The molecule has 28 heavy (non-hydrogen) atoms. The van der Waals surface area contributed by atoms with Crippen LogP contribution in [-0.4, -0.2) is 23.0 Å². The second kappa shape index (κ2) is 7.83. The number of nitriles is 1. The molecule has 0 radical (unpaired) electrons. The molecule has 0 unspecified atom stereocenters. The second-order valence-electron chi connectivity index (χ2n) is 7.27. The van der Waals surface area contributed by atoms with Crippen molar-refractivity contribution in [1.82, 2.24) is 9.78 Å². The van der Waals surface area contributed by atoms with Crippen LogP contribution in [-0.2, 0) is 10.2 Å². The van der Waals surface area contributed by atoms with Crippen molar-refractivity contribution in [2.45, 2.75) is 41.9 Å². The molecule has 1 aliphatic rings. The van der Waals surface area contributed by atoms with E-state index in [1.807, 2.05) is 11.6 Å². The Kier molecular flexibility index (Phi) is 5.25. The minimum absolute atomic E-state index is 0.422. The van der Waals surface area contributed by atoms with Gasteiger partial charge in [-0.2, -0.15) is 10.4 Å². The molecule has 1 fully saturated rings. The zero-order valence-corrected chi connectivity index (χ0v) is 17.0. The Morgan fingerprint density at radius 3 is 2.43 bits per heavy atom. The summed E-state index contributed by atoms with van der Waals surface area (Å²) in [6, 6.07) is 21.5. The highest BCUT2D eigenvalue weighted by atomic mass is 32.2. The van der Waals surface area contributed by atoms with Gasteiger partial charge in [-0.05, 0) is 74.7 Å². The Labute approximate surface area is 170 Å². The number of nitrogens with zero attached hydrogens (tertiary/aromatic N) is 3. The van der Waals surface area contributed by atoms with E-state index in [-0.39, 0.29) is 0 Å². The molecule has 0 atom stereocenters. The first-order valence-electron chi connectivity index (χ1n) is 9.51. The molecular formula is C23H23N3OS. The summed E-state index contributed by atoms with van der Waals surface area (Å²) in [5.41, 5.74) is 3.89. The van der Waals surface area contributed by atoms with Crippen molar-refractivity contribution in [3.8, 4) is 11.8 Å². The molecule has 2 aromatic carbocycles. The van der Waals surface area contributed by atoms with Crippen LogP contribution in [0.15, 0.2) is 64.4 Å². The first-order valence-corrected chi connectivity index (χ1v) is 10.3. The Morgan fingerprint density at radius 2 is 1.79 bits per heavy atom. The fourth-order valence-corrected chi connectivity index (χ4v) is 4.60. The van der Waals surface area contributed by atoms with Crippen molar-refractivity contribution in [2.75, 3.05) is 13.2 Å². The molecule has 4 rings (SSSR count). The van der Waals surface area contributed by atoms with E-state index < -0.39 is 5.41 Å². The van der Waals surface area contributed by atoms with Gasteiger partial charge < -0.3 is 4.74 Å². The first-order chi connectivity index (χ1) is 13.6. The van der Waals surface area contributed by atoms with Crippen LogP contribution in [0.3, 0.4) is 0 Å². The molecule has 1 aromatic heterocycles. The smallest absolute Gasteiger partial charge is 0.0866 e. The zero-order chi connectivity index (χ0) is 19.6. The van der Waals surface area contributed by atoms with E-state index in [1.54, 1.807) is 11.8 Å². The van der Waals surface area contributed by atoms with Gasteiger partial charge in [0.05, 0.1) is 22.9 Å². The van der Waals surface area contributed by atoms with Crippen molar-refractivity contribution < 1.29 is 4.74 Å². The van der Waals surface area contributed by atoms with E-state index in [4.69, 9.17) is 4.74 Å². The van der Waals surface area contributed by atoms with E-state index in [9.17, 15) is 5.26 Å². The van der Waals surface area contributed by atoms with Crippen LogP contribution in [0.1, 0.15) is 29.8 Å². The van der Waals surface area contributed by atoms with Crippen LogP contribution < -0.4 is 0 Å². The van der Waals surface area contributed by atoms with E-state index in [1.165, 1.54) is 4.90 Å². The van der Waals surface area contributed by atoms with Crippen LogP contribution in [0.25, 0.3) is 5.69 Å². The molecule has 0 amide bonds. The van der Waals surface area contributed by atoms with Gasteiger partial charge in [0.1, 0.15) is 0 Å². The summed E-state index contributed by atoms with van der Waals surface area (Å²) in [7, 11) is 0. The van der Waals surface area contributed by atoms with Gasteiger partial charge >= 0.3 is 0 Å². The molecular weight excluding hydrogens is 366 g/mol. The van der Waals surface area contributed by atoms with Crippen LogP contribution in [0.2, 0.25) is 0 Å². The molecule has 1 saturated heterocycles. The van der Waals surface area contributed by atoms with Gasteiger partial charge in [-0.15, -0.1) is 0 Å². The third-order valence-corrected chi connectivity index (χ3v) is 6.27. The van der Waals surface area contributed by atoms with Crippen LogP contribution in [0.4, 0.5) is 0 Å². The quantitative estimate of drug-likeness (QED) is 0.614. The summed E-state index contributed by atoms with van der Waals surface area (Å²) in [4.78, 5) is 2.32. The number of ether oxygens (including phenoxy) is 1. The molecule has 4 nitrogen and oxygen atoms in total. The van der Waals surface area contributed by atoms with Crippen LogP contribution >= 0.6 is 11.8 Å². The van der Waals surface area contributed by atoms with Gasteiger partial charge in [0.15, 0.2) is 0 Å². The maximum atomic E-state index is 9.82. The molecule has 0 spiro atoms. The molecule has 0 aliphatic carbocycles. The van der Waals surface area contributed by atoms with Gasteiger partial charge in [-0.1, -0.05) is 23.9 Å². The minimum Gasteiger partial charge on any atom is -0.381 e. The summed E-state index contributed by atoms with van der Waals surface area (Å²) in [6.45, 7) is 5.38. The first kappa shape index (κ1) is 18.8. The maximum Gasteiger partial charge on any atom is 0.0866 e. The van der Waals surface area contributed by atoms with Gasteiger partial charge in [0.2, 0.25) is 0 Å². The van der Waals surface area contributed by atoms with Crippen molar-refractivity contribution in [3.05, 3.63) is 71.5 Å². The highest BCUT2D eigenvalue weighted by Crippen LogP contribution is 2.37. The van der Waals surface area contributed by atoms with Gasteiger partial charge in [-0.3, -0.25) is 0 Å². The standard InChI is InChI=1S/C23H23N3OS/c1-17-14-18(2)26(25-17)20-6-8-21(9-7-20)28-22-5-3-4-19(15-22)23(16-24)10-12-27-13-11-23/h3-9,14-15H,10-13H2,1-2H3. The molecule has 0 N–H and O–H groups in total. The van der Waals surface area contributed by atoms with Crippen LogP contribution in [0.5, 0.6) is 0 Å². The van der Waals surface area contributed by atoms with E-state index >= 15 is 0 Å². The third kappa shape index (κ3) is 3.71. The predicted molar refractivity (Wildman–Crippen MR) is 111 cm³/mol. The molecule has 0 saturated carbocycles. The number of aryl methyl sites for hydroxylation is 2. The number of hydrogen-bond donors (Lipinski definition) is 0. The van der Waals surface area contributed by atoms with E-state index in [2.05, 4.69) is 72.7 Å². The summed E-state index contributed by atoms with van der Waals surface area (Å²) in [6.07, 6.45) is 1.52. The highest BCUT2D eigenvalue weighted by Gasteiger charge is 2.34. The molecule has 3 aromatic rings. The number of aromatic nitrogens is 2. The molecule has 1 aliphatic heterocycles. The SMILES string of the molecule is Cc1cc(C)n(-c2ccc(Sc3cccc(C4(C#N)CCOCC4)c3)cc2)n1. The largest absolute Gasteiger partial charge is 0.381 e. The van der Waals surface area contributed by atoms with E-state index in [0.717, 1.165) is 40.4 Å².